The van der Waals surface area contributed by atoms with Crippen molar-refractivity contribution < 1.29 is 4.79 Å². The van der Waals surface area contributed by atoms with Gasteiger partial charge >= 0.3 is 0 Å². The molecule has 0 unspecified atom stereocenters. The number of hydrogen-bond acceptors (Lipinski definition) is 4. The van der Waals surface area contributed by atoms with Crippen LogP contribution in [0.5, 0.6) is 0 Å². The molecular formula is C16H24N2OS2. The van der Waals surface area contributed by atoms with Gasteiger partial charge in [0.1, 0.15) is 0 Å². The number of carbonyl (C=O) groups is 1. The predicted molar refractivity (Wildman–Crippen MR) is 91.3 cm³/mol. The first kappa shape index (κ1) is 15.4. The van der Waals surface area contributed by atoms with Crippen LogP contribution in [0.25, 0.3) is 0 Å². The van der Waals surface area contributed by atoms with Gasteiger partial charge in [-0.15, -0.1) is 11.3 Å². The average Bonchev–Trinajstić information content (AvgIpc) is 3.08. The van der Waals surface area contributed by atoms with Gasteiger partial charge in [-0.25, -0.2) is 0 Å². The molecule has 1 aromatic heterocycles. The second-order valence-electron chi connectivity index (χ2n) is 6.01. The predicted octanol–water partition coefficient (Wildman–Crippen LogP) is 3.09. The van der Waals surface area contributed by atoms with Crippen molar-refractivity contribution in [2.24, 2.45) is 5.92 Å². The van der Waals surface area contributed by atoms with Crippen molar-refractivity contribution in [1.29, 1.82) is 0 Å². The zero-order valence-electron chi connectivity index (χ0n) is 12.4. The number of thioether (sulfide) groups is 1. The van der Waals surface area contributed by atoms with E-state index in [1.807, 2.05) is 17.5 Å². The van der Waals surface area contributed by atoms with Gasteiger partial charge in [0.05, 0.1) is 4.88 Å². The van der Waals surface area contributed by atoms with E-state index >= 15 is 0 Å². The van der Waals surface area contributed by atoms with Crippen LogP contribution in [0.4, 0.5) is 0 Å². The quantitative estimate of drug-likeness (QED) is 0.924. The maximum Gasteiger partial charge on any atom is 0.261 e. The summed E-state index contributed by atoms with van der Waals surface area (Å²) in [5.41, 5.74) is 0. The second kappa shape index (κ2) is 7.65. The Bertz CT molecular complexity index is 435. The standard InChI is InChI=1S/C16H24N2OS2/c19-16(15-2-1-9-21-15)17-12-13-3-7-18(8-4-13)14-5-10-20-11-6-14/h1-2,9,13-14H,3-8,10-12H2,(H,17,19). The third-order valence-electron chi connectivity index (χ3n) is 4.65. The van der Waals surface area contributed by atoms with E-state index in [-0.39, 0.29) is 5.91 Å². The number of nitrogens with one attached hydrogen (secondary N) is 1. The summed E-state index contributed by atoms with van der Waals surface area (Å²) in [4.78, 5) is 15.5. The Balaban J connectivity index is 1.38. The van der Waals surface area contributed by atoms with Gasteiger partial charge in [-0.2, -0.15) is 11.8 Å². The highest BCUT2D eigenvalue weighted by Crippen LogP contribution is 2.26. The van der Waals surface area contributed by atoms with Crippen molar-refractivity contribution in [2.75, 3.05) is 31.1 Å². The van der Waals surface area contributed by atoms with Crippen LogP contribution < -0.4 is 5.32 Å². The zero-order valence-corrected chi connectivity index (χ0v) is 14.1. The summed E-state index contributed by atoms with van der Waals surface area (Å²) in [6.45, 7) is 3.27. The van der Waals surface area contributed by atoms with E-state index in [0.29, 0.717) is 5.92 Å². The molecule has 1 aromatic rings. The zero-order chi connectivity index (χ0) is 14.5. The number of hydrogen-bond donors (Lipinski definition) is 1. The minimum absolute atomic E-state index is 0.0942. The monoisotopic (exact) mass is 324 g/mol. The van der Waals surface area contributed by atoms with Gasteiger partial charge in [-0.05, 0) is 67.6 Å². The normalized spacial score (nSPS) is 22.3. The molecule has 2 aliphatic heterocycles. The molecule has 116 valence electrons. The molecular weight excluding hydrogens is 300 g/mol. The fourth-order valence-electron chi connectivity index (χ4n) is 3.30. The molecule has 3 heterocycles. The number of carbonyl (C=O) groups excluding carboxylic acids is 1. The topological polar surface area (TPSA) is 32.3 Å². The van der Waals surface area contributed by atoms with Crippen LogP contribution in [0.1, 0.15) is 35.4 Å². The third-order valence-corrected chi connectivity index (χ3v) is 6.57. The van der Waals surface area contributed by atoms with Crippen LogP contribution in [0.15, 0.2) is 17.5 Å². The number of thiophene rings is 1. The number of rotatable bonds is 4. The van der Waals surface area contributed by atoms with E-state index in [4.69, 9.17) is 0 Å². The lowest BCUT2D eigenvalue weighted by molar-refractivity contribution is 0.0924. The Morgan fingerprint density at radius 2 is 2.00 bits per heavy atom. The molecule has 0 spiro atoms. The van der Waals surface area contributed by atoms with Gasteiger partial charge in [-0.3, -0.25) is 4.79 Å². The Labute approximate surface area is 135 Å². The second-order valence-corrected chi connectivity index (χ2v) is 8.18. The van der Waals surface area contributed by atoms with E-state index in [1.54, 1.807) is 0 Å². The minimum Gasteiger partial charge on any atom is -0.351 e. The Morgan fingerprint density at radius 1 is 1.24 bits per heavy atom. The Morgan fingerprint density at radius 3 is 2.67 bits per heavy atom. The lowest BCUT2D eigenvalue weighted by atomic mass is 9.94. The van der Waals surface area contributed by atoms with Crippen LogP contribution >= 0.6 is 23.1 Å². The number of likely N-dealkylation sites (tertiary alicyclic amines) is 1. The maximum absolute atomic E-state index is 11.9. The van der Waals surface area contributed by atoms with Crippen molar-refractivity contribution in [3.8, 4) is 0 Å². The first-order valence-corrected chi connectivity index (χ1v) is 10.00. The summed E-state index contributed by atoms with van der Waals surface area (Å²) in [5.74, 6) is 3.42. The molecule has 2 saturated heterocycles. The lowest BCUT2D eigenvalue weighted by Crippen LogP contribution is -2.44. The minimum atomic E-state index is 0.0942. The van der Waals surface area contributed by atoms with Crippen LogP contribution in [-0.4, -0.2) is 48.0 Å². The van der Waals surface area contributed by atoms with E-state index in [0.717, 1.165) is 17.5 Å². The third kappa shape index (κ3) is 4.24. The molecule has 2 fully saturated rings. The summed E-state index contributed by atoms with van der Waals surface area (Å²) in [6.07, 6.45) is 5.19. The summed E-state index contributed by atoms with van der Waals surface area (Å²) in [5, 5.41) is 5.05. The fraction of sp³-hybridized carbons (Fsp3) is 0.688. The van der Waals surface area contributed by atoms with E-state index in [1.165, 1.54) is 61.6 Å². The van der Waals surface area contributed by atoms with E-state index in [2.05, 4.69) is 22.0 Å². The number of piperidine rings is 1. The fourth-order valence-corrected chi connectivity index (χ4v) is 5.03. The SMILES string of the molecule is O=C(NCC1CCN(C2CCSCC2)CC1)c1cccs1. The molecule has 1 N–H and O–H groups in total. The molecule has 0 radical (unpaired) electrons. The summed E-state index contributed by atoms with van der Waals surface area (Å²) < 4.78 is 0. The molecule has 0 aliphatic carbocycles. The van der Waals surface area contributed by atoms with Gasteiger partial charge in [-0.1, -0.05) is 6.07 Å². The summed E-state index contributed by atoms with van der Waals surface area (Å²) >= 11 is 3.61. The van der Waals surface area contributed by atoms with Crippen molar-refractivity contribution in [3.05, 3.63) is 22.4 Å². The van der Waals surface area contributed by atoms with Crippen LogP contribution in [-0.2, 0) is 0 Å². The largest absolute Gasteiger partial charge is 0.351 e. The molecule has 0 atom stereocenters. The average molecular weight is 325 g/mol. The molecule has 0 aromatic carbocycles. The van der Waals surface area contributed by atoms with Crippen molar-refractivity contribution in [2.45, 2.75) is 31.7 Å². The summed E-state index contributed by atoms with van der Waals surface area (Å²) in [7, 11) is 0. The molecule has 1 amide bonds. The Kier molecular flexibility index (Phi) is 5.61. The lowest BCUT2D eigenvalue weighted by Gasteiger charge is -2.39. The molecule has 2 aliphatic rings. The van der Waals surface area contributed by atoms with Crippen molar-refractivity contribution in [1.82, 2.24) is 10.2 Å². The smallest absolute Gasteiger partial charge is 0.261 e. The summed E-state index contributed by atoms with van der Waals surface area (Å²) in [6, 6.07) is 4.65. The van der Waals surface area contributed by atoms with Gasteiger partial charge in [0, 0.05) is 12.6 Å². The highest BCUT2D eigenvalue weighted by atomic mass is 32.2. The van der Waals surface area contributed by atoms with Crippen LogP contribution in [0.3, 0.4) is 0 Å². The molecule has 0 bridgehead atoms. The highest BCUT2D eigenvalue weighted by molar-refractivity contribution is 7.99. The number of nitrogens with zero attached hydrogens (tertiary/aromatic N) is 1. The molecule has 3 rings (SSSR count). The highest BCUT2D eigenvalue weighted by Gasteiger charge is 2.26. The van der Waals surface area contributed by atoms with Gasteiger partial charge < -0.3 is 10.2 Å². The van der Waals surface area contributed by atoms with Crippen molar-refractivity contribution in [3.63, 3.8) is 0 Å². The maximum atomic E-state index is 11.9. The Hall–Kier alpha value is -0.520. The van der Waals surface area contributed by atoms with Gasteiger partial charge in [0.15, 0.2) is 0 Å². The first-order valence-electron chi connectivity index (χ1n) is 7.96. The van der Waals surface area contributed by atoms with Crippen LogP contribution in [0, 0.1) is 5.92 Å². The van der Waals surface area contributed by atoms with Crippen LogP contribution in [0.2, 0.25) is 0 Å². The molecule has 3 nitrogen and oxygen atoms in total. The van der Waals surface area contributed by atoms with Crippen molar-refractivity contribution >= 4 is 29.0 Å². The van der Waals surface area contributed by atoms with E-state index < -0.39 is 0 Å². The molecule has 0 saturated carbocycles. The first-order chi connectivity index (χ1) is 10.3. The molecule has 21 heavy (non-hydrogen) atoms. The van der Waals surface area contributed by atoms with E-state index in [9.17, 15) is 4.79 Å². The van der Waals surface area contributed by atoms with Gasteiger partial charge in [0.25, 0.3) is 5.91 Å². The molecule has 5 heteroatoms. The van der Waals surface area contributed by atoms with Gasteiger partial charge in [0.2, 0.25) is 0 Å². The number of amides is 1.